The molecule has 146 valence electrons. The molecule has 1 aliphatic heterocycles. The quantitative estimate of drug-likeness (QED) is 0.743. The van der Waals surface area contributed by atoms with E-state index in [1.54, 1.807) is 4.90 Å². The third-order valence-corrected chi connectivity index (χ3v) is 5.32. The number of nitrogens with zero attached hydrogens (tertiary/aromatic N) is 4. The molecular formula is C22H27N5O. The van der Waals surface area contributed by atoms with Crippen LogP contribution in [0.1, 0.15) is 24.1 Å². The fourth-order valence-corrected chi connectivity index (χ4v) is 3.86. The lowest BCUT2D eigenvalue weighted by Crippen LogP contribution is -2.50. The van der Waals surface area contributed by atoms with Crippen LogP contribution < -0.4 is 5.32 Å². The average molecular weight is 377 g/mol. The number of amides is 2. The summed E-state index contributed by atoms with van der Waals surface area (Å²) in [5.74, 6) is 0. The first-order chi connectivity index (χ1) is 13.7. The zero-order valence-electron chi connectivity index (χ0n) is 16.3. The highest BCUT2D eigenvalue weighted by Crippen LogP contribution is 2.14. The van der Waals surface area contributed by atoms with Crippen molar-refractivity contribution in [3.05, 3.63) is 72.2 Å². The van der Waals surface area contributed by atoms with Crippen LogP contribution in [0.5, 0.6) is 0 Å². The van der Waals surface area contributed by atoms with Crippen molar-refractivity contribution in [3.63, 3.8) is 0 Å². The van der Waals surface area contributed by atoms with Crippen LogP contribution in [0.4, 0.5) is 4.79 Å². The Morgan fingerprint density at radius 3 is 2.89 bits per heavy atom. The maximum atomic E-state index is 12.7. The predicted octanol–water partition coefficient (Wildman–Crippen LogP) is 3.14. The molecule has 28 heavy (non-hydrogen) atoms. The average Bonchev–Trinajstić information content (AvgIpc) is 3.12. The number of rotatable bonds is 5. The molecule has 0 radical (unpaired) electrons. The second kappa shape index (κ2) is 8.44. The fourth-order valence-electron chi connectivity index (χ4n) is 3.86. The number of benzene rings is 1. The molecule has 4 rings (SSSR count). The molecule has 3 aromatic rings. The molecule has 2 amide bonds. The van der Waals surface area contributed by atoms with Gasteiger partial charge in [-0.15, -0.1) is 0 Å². The van der Waals surface area contributed by atoms with Crippen molar-refractivity contribution in [1.82, 2.24) is 24.5 Å². The SMILES string of the molecule is CN(Cc1cnc2ccccn12)C(=O)N[C@H]1CCCN(Cc2ccccc2)C1. The number of hydrogen-bond acceptors (Lipinski definition) is 3. The van der Waals surface area contributed by atoms with Crippen molar-refractivity contribution in [3.8, 4) is 0 Å². The maximum Gasteiger partial charge on any atom is 0.317 e. The largest absolute Gasteiger partial charge is 0.334 e. The number of urea groups is 1. The first kappa shape index (κ1) is 18.5. The molecular weight excluding hydrogens is 350 g/mol. The summed E-state index contributed by atoms with van der Waals surface area (Å²) < 4.78 is 2.02. The minimum atomic E-state index is -0.0301. The molecule has 6 nitrogen and oxygen atoms in total. The van der Waals surface area contributed by atoms with Crippen molar-refractivity contribution in [2.45, 2.75) is 32.0 Å². The molecule has 1 aliphatic rings. The van der Waals surface area contributed by atoms with Gasteiger partial charge in [0, 0.05) is 32.4 Å². The number of piperidine rings is 1. The molecule has 1 N–H and O–H groups in total. The molecule has 1 fully saturated rings. The number of nitrogens with one attached hydrogen (secondary N) is 1. The van der Waals surface area contributed by atoms with E-state index in [9.17, 15) is 4.79 Å². The molecule has 0 spiro atoms. The maximum absolute atomic E-state index is 12.7. The Kier molecular flexibility index (Phi) is 5.58. The number of pyridine rings is 1. The smallest absolute Gasteiger partial charge is 0.317 e. The third-order valence-electron chi connectivity index (χ3n) is 5.32. The van der Waals surface area contributed by atoms with Gasteiger partial charge in [0.2, 0.25) is 0 Å². The van der Waals surface area contributed by atoms with Gasteiger partial charge in [-0.05, 0) is 37.1 Å². The lowest BCUT2D eigenvalue weighted by atomic mass is 10.0. The van der Waals surface area contributed by atoms with Crippen LogP contribution in [0.25, 0.3) is 5.65 Å². The molecule has 3 heterocycles. The molecule has 1 atom stereocenters. The van der Waals surface area contributed by atoms with E-state index in [-0.39, 0.29) is 12.1 Å². The van der Waals surface area contributed by atoms with E-state index in [0.29, 0.717) is 6.54 Å². The lowest BCUT2D eigenvalue weighted by Gasteiger charge is -2.34. The van der Waals surface area contributed by atoms with Crippen LogP contribution in [0.15, 0.2) is 60.9 Å². The predicted molar refractivity (Wildman–Crippen MR) is 110 cm³/mol. The number of likely N-dealkylation sites (tertiary alicyclic amines) is 1. The van der Waals surface area contributed by atoms with Gasteiger partial charge in [-0.2, -0.15) is 0 Å². The van der Waals surface area contributed by atoms with Gasteiger partial charge in [-0.3, -0.25) is 4.90 Å². The van der Waals surface area contributed by atoms with Gasteiger partial charge in [-0.25, -0.2) is 9.78 Å². The summed E-state index contributed by atoms with van der Waals surface area (Å²) in [6.45, 7) is 3.44. The van der Waals surface area contributed by atoms with E-state index in [4.69, 9.17) is 0 Å². The van der Waals surface area contributed by atoms with E-state index in [1.807, 2.05) is 48.1 Å². The van der Waals surface area contributed by atoms with Crippen molar-refractivity contribution in [2.75, 3.05) is 20.1 Å². The second-order valence-corrected chi connectivity index (χ2v) is 7.54. The number of carbonyl (C=O) groups excluding carboxylic acids is 1. The Balaban J connectivity index is 1.32. The van der Waals surface area contributed by atoms with Crippen molar-refractivity contribution in [2.24, 2.45) is 0 Å². The molecule has 0 aliphatic carbocycles. The van der Waals surface area contributed by atoms with E-state index in [1.165, 1.54) is 5.56 Å². The highest BCUT2D eigenvalue weighted by Gasteiger charge is 2.23. The summed E-state index contributed by atoms with van der Waals surface area (Å²) in [5.41, 5.74) is 3.22. The summed E-state index contributed by atoms with van der Waals surface area (Å²) in [7, 11) is 1.84. The highest BCUT2D eigenvalue weighted by molar-refractivity contribution is 5.74. The van der Waals surface area contributed by atoms with Crippen molar-refractivity contribution < 1.29 is 4.79 Å². The standard InChI is InChI=1S/C22H27N5O/c1-25(17-20-14-23-21-11-5-6-13-27(20)21)22(28)24-19-10-7-12-26(16-19)15-18-8-3-2-4-9-18/h2-6,8-9,11,13-14,19H,7,10,12,15-17H2,1H3,(H,24,28)/t19-/m0/s1. The van der Waals surface area contributed by atoms with Crippen LogP contribution >= 0.6 is 0 Å². The Morgan fingerprint density at radius 1 is 1.21 bits per heavy atom. The minimum Gasteiger partial charge on any atom is -0.334 e. The van der Waals surface area contributed by atoms with Crippen LogP contribution in [0.2, 0.25) is 0 Å². The van der Waals surface area contributed by atoms with Gasteiger partial charge < -0.3 is 14.6 Å². The topological polar surface area (TPSA) is 52.9 Å². The van der Waals surface area contributed by atoms with E-state index >= 15 is 0 Å². The van der Waals surface area contributed by atoms with Gasteiger partial charge >= 0.3 is 6.03 Å². The zero-order chi connectivity index (χ0) is 19.3. The Morgan fingerprint density at radius 2 is 2.04 bits per heavy atom. The monoisotopic (exact) mass is 377 g/mol. The van der Waals surface area contributed by atoms with Crippen LogP contribution in [-0.2, 0) is 13.1 Å². The number of carbonyl (C=O) groups is 1. The van der Waals surface area contributed by atoms with Gasteiger partial charge in [0.25, 0.3) is 0 Å². The molecule has 0 bridgehead atoms. The Bertz CT molecular complexity index is 923. The van der Waals surface area contributed by atoms with Gasteiger partial charge in [0.1, 0.15) is 5.65 Å². The number of fused-ring (bicyclic) bond motifs is 1. The Hall–Kier alpha value is -2.86. The summed E-state index contributed by atoms with van der Waals surface area (Å²) in [4.78, 5) is 21.3. The van der Waals surface area contributed by atoms with Crippen LogP contribution in [0.3, 0.4) is 0 Å². The van der Waals surface area contributed by atoms with Gasteiger partial charge in [0.05, 0.1) is 18.4 Å². The third kappa shape index (κ3) is 4.34. The molecule has 1 aromatic carbocycles. The van der Waals surface area contributed by atoms with Gasteiger partial charge in [-0.1, -0.05) is 36.4 Å². The number of hydrogen-bond donors (Lipinski definition) is 1. The van der Waals surface area contributed by atoms with Crippen LogP contribution in [-0.4, -0.2) is 51.4 Å². The lowest BCUT2D eigenvalue weighted by molar-refractivity contribution is 0.167. The summed E-state index contributed by atoms with van der Waals surface area (Å²) in [5, 5.41) is 3.21. The van der Waals surface area contributed by atoms with E-state index in [0.717, 1.165) is 43.8 Å². The molecule has 0 saturated carbocycles. The van der Waals surface area contributed by atoms with Crippen molar-refractivity contribution in [1.29, 1.82) is 0 Å². The summed E-state index contributed by atoms with van der Waals surface area (Å²) >= 11 is 0. The van der Waals surface area contributed by atoms with E-state index in [2.05, 4.69) is 39.5 Å². The summed E-state index contributed by atoms with van der Waals surface area (Å²) in [6.07, 6.45) is 5.95. The second-order valence-electron chi connectivity index (χ2n) is 7.54. The molecule has 2 aromatic heterocycles. The minimum absolute atomic E-state index is 0.0301. The molecule has 0 unspecified atom stereocenters. The van der Waals surface area contributed by atoms with Crippen molar-refractivity contribution >= 4 is 11.7 Å². The molecule has 1 saturated heterocycles. The van der Waals surface area contributed by atoms with Crippen LogP contribution in [0, 0.1) is 0 Å². The number of aromatic nitrogens is 2. The Labute approximate surface area is 165 Å². The first-order valence-electron chi connectivity index (χ1n) is 9.88. The molecule has 6 heteroatoms. The summed E-state index contributed by atoms with van der Waals surface area (Å²) in [6, 6.07) is 16.6. The fraction of sp³-hybridized carbons (Fsp3) is 0.364. The van der Waals surface area contributed by atoms with E-state index < -0.39 is 0 Å². The first-order valence-corrected chi connectivity index (χ1v) is 9.88. The van der Waals surface area contributed by atoms with Gasteiger partial charge in [0.15, 0.2) is 0 Å². The normalized spacial score (nSPS) is 17.5. The zero-order valence-corrected chi connectivity index (χ0v) is 16.3. The highest BCUT2D eigenvalue weighted by atomic mass is 16.2. The number of imidazole rings is 1.